The van der Waals surface area contributed by atoms with Crippen molar-refractivity contribution in [3.63, 3.8) is 0 Å². The van der Waals surface area contributed by atoms with Gasteiger partial charge >= 0.3 is 0 Å². The molecule has 3 aromatic heterocycles. The smallest absolute Gasteiger partial charge is 0.121 e. The number of aromatic nitrogens is 4. The van der Waals surface area contributed by atoms with E-state index in [1.54, 1.807) is 0 Å². The Hall–Kier alpha value is -4.39. The Kier molecular flexibility index (Phi) is 8.35. The van der Waals surface area contributed by atoms with Crippen LogP contribution in [-0.2, 0) is 32.6 Å². The third-order valence-corrected chi connectivity index (χ3v) is 8.19. The molecule has 0 amide bonds. The van der Waals surface area contributed by atoms with Gasteiger partial charge in [-0.05, 0) is 71.8 Å². The average Bonchev–Trinajstić information content (AvgIpc) is 3.44. The zero-order valence-corrected chi connectivity index (χ0v) is 23.1. The van der Waals surface area contributed by atoms with Gasteiger partial charge in [0.25, 0.3) is 0 Å². The number of nitrogens with one attached hydrogen (secondary N) is 2. The van der Waals surface area contributed by atoms with Gasteiger partial charge in [-0.2, -0.15) is 0 Å². The number of nitrogens with zero attached hydrogens (tertiary/aromatic N) is 4. The summed E-state index contributed by atoms with van der Waals surface area (Å²) in [6, 6.07) is 32.3. The van der Waals surface area contributed by atoms with Gasteiger partial charge in [-0.15, -0.1) is 0 Å². The Morgan fingerprint density at radius 3 is 2.45 bits per heavy atom. The molecule has 6 aromatic rings. The second kappa shape index (κ2) is 12.6. The molecule has 1 aliphatic rings. The van der Waals surface area contributed by atoms with Crippen LogP contribution in [0.3, 0.4) is 0 Å². The van der Waals surface area contributed by atoms with Crippen molar-refractivity contribution in [3.8, 4) is 0 Å². The van der Waals surface area contributed by atoms with Crippen molar-refractivity contribution >= 4 is 21.9 Å². The molecular formula is C36H38N6. The topological polar surface area (TPSA) is 69.7 Å². The maximum atomic E-state index is 4.91. The number of fused-ring (bicyclic) bond motifs is 3. The molecule has 1 unspecified atom stereocenters. The monoisotopic (exact) mass is 554 g/mol. The molecule has 1 aliphatic carbocycles. The van der Waals surface area contributed by atoms with Crippen LogP contribution in [0, 0.1) is 0 Å². The van der Waals surface area contributed by atoms with Crippen LogP contribution in [0.25, 0.3) is 21.9 Å². The maximum Gasteiger partial charge on any atom is 0.121 e. The van der Waals surface area contributed by atoms with Crippen LogP contribution in [-0.4, -0.2) is 24.8 Å². The van der Waals surface area contributed by atoms with Gasteiger partial charge in [-0.3, -0.25) is 14.9 Å². The Morgan fingerprint density at radius 2 is 1.57 bits per heavy atom. The second-order valence-corrected chi connectivity index (χ2v) is 11.0. The fraction of sp³-hybridized carbons (Fsp3) is 0.250. The van der Waals surface area contributed by atoms with Crippen LogP contribution < -0.4 is 5.32 Å². The Bertz CT molecular complexity index is 1740. The fourth-order valence-corrected chi connectivity index (χ4v) is 6.14. The van der Waals surface area contributed by atoms with E-state index < -0.39 is 0 Å². The van der Waals surface area contributed by atoms with Gasteiger partial charge in [0.1, 0.15) is 5.82 Å². The van der Waals surface area contributed by atoms with Gasteiger partial charge < -0.3 is 10.3 Å². The molecular weight excluding hydrogens is 516 g/mol. The SMILES string of the molecule is C.c1cnc2c(c1)CCCC2N(Cc1ccc(CNCc2ccnc3ccccc23)cc1)Cc1nc2ccccc2[nH]1. The van der Waals surface area contributed by atoms with E-state index in [0.29, 0.717) is 0 Å². The minimum Gasteiger partial charge on any atom is -0.341 e. The van der Waals surface area contributed by atoms with Crippen molar-refractivity contribution in [3.05, 3.63) is 137 Å². The Labute approximate surface area is 247 Å². The molecule has 0 saturated carbocycles. The van der Waals surface area contributed by atoms with E-state index >= 15 is 0 Å². The lowest BCUT2D eigenvalue weighted by molar-refractivity contribution is 0.153. The molecule has 0 fully saturated rings. The van der Waals surface area contributed by atoms with Crippen molar-refractivity contribution in [2.24, 2.45) is 0 Å². The van der Waals surface area contributed by atoms with Crippen LogP contribution in [0.4, 0.5) is 0 Å². The van der Waals surface area contributed by atoms with Crippen LogP contribution >= 0.6 is 0 Å². The first-order valence-corrected chi connectivity index (χ1v) is 14.5. The zero-order chi connectivity index (χ0) is 27.4. The number of H-pyrrole nitrogens is 1. The van der Waals surface area contributed by atoms with E-state index in [4.69, 9.17) is 9.97 Å². The van der Waals surface area contributed by atoms with Crippen molar-refractivity contribution < 1.29 is 0 Å². The lowest BCUT2D eigenvalue weighted by atomic mass is 9.90. The highest BCUT2D eigenvalue weighted by atomic mass is 15.2. The minimum atomic E-state index is 0. The van der Waals surface area contributed by atoms with Gasteiger partial charge in [0.15, 0.2) is 0 Å². The number of aromatic amines is 1. The summed E-state index contributed by atoms with van der Waals surface area (Å²) in [6.45, 7) is 3.22. The van der Waals surface area contributed by atoms with E-state index in [0.717, 1.165) is 61.4 Å². The number of imidazole rings is 1. The molecule has 0 aliphatic heterocycles. The van der Waals surface area contributed by atoms with E-state index in [1.165, 1.54) is 39.8 Å². The molecule has 1 atom stereocenters. The maximum absolute atomic E-state index is 4.91. The van der Waals surface area contributed by atoms with E-state index in [1.807, 2.05) is 24.5 Å². The van der Waals surface area contributed by atoms with Gasteiger partial charge in [0.2, 0.25) is 0 Å². The van der Waals surface area contributed by atoms with E-state index in [9.17, 15) is 0 Å². The number of benzene rings is 3. The first-order valence-electron chi connectivity index (χ1n) is 14.5. The summed E-state index contributed by atoms with van der Waals surface area (Å²) in [6.07, 6.45) is 7.22. The van der Waals surface area contributed by atoms with Crippen LogP contribution in [0.5, 0.6) is 0 Å². The predicted octanol–water partition coefficient (Wildman–Crippen LogP) is 7.51. The summed E-state index contributed by atoms with van der Waals surface area (Å²) >= 11 is 0. The molecule has 2 N–H and O–H groups in total. The van der Waals surface area contributed by atoms with Crippen LogP contribution in [0.1, 0.15) is 60.1 Å². The molecule has 0 radical (unpaired) electrons. The van der Waals surface area contributed by atoms with E-state index in [2.05, 4.69) is 99.0 Å². The third-order valence-electron chi connectivity index (χ3n) is 8.19. The number of pyridine rings is 2. The first kappa shape index (κ1) is 27.8. The molecule has 3 heterocycles. The molecule has 0 spiro atoms. The van der Waals surface area contributed by atoms with Crippen molar-refractivity contribution in [1.82, 2.24) is 30.2 Å². The quantitative estimate of drug-likeness (QED) is 0.194. The minimum absolute atomic E-state index is 0. The predicted molar refractivity (Wildman–Crippen MR) is 171 cm³/mol. The highest BCUT2D eigenvalue weighted by Gasteiger charge is 2.28. The molecule has 0 bridgehead atoms. The van der Waals surface area contributed by atoms with Gasteiger partial charge in [-0.25, -0.2) is 4.98 Å². The molecule has 7 rings (SSSR count). The molecule has 3 aromatic carbocycles. The number of aryl methyl sites for hydroxylation is 1. The summed E-state index contributed by atoms with van der Waals surface area (Å²) in [4.78, 5) is 20.3. The van der Waals surface area contributed by atoms with Gasteiger partial charge in [0, 0.05) is 37.4 Å². The van der Waals surface area contributed by atoms with Crippen LogP contribution in [0.15, 0.2) is 103 Å². The number of hydrogen-bond acceptors (Lipinski definition) is 5. The summed E-state index contributed by atoms with van der Waals surface area (Å²) < 4.78 is 0. The normalized spacial score (nSPS) is 14.6. The highest BCUT2D eigenvalue weighted by Crippen LogP contribution is 2.34. The fourth-order valence-electron chi connectivity index (χ4n) is 6.14. The zero-order valence-electron chi connectivity index (χ0n) is 23.1. The Balaban J connectivity index is 0.00000316. The molecule has 42 heavy (non-hydrogen) atoms. The first-order chi connectivity index (χ1) is 20.3. The second-order valence-electron chi connectivity index (χ2n) is 11.0. The van der Waals surface area contributed by atoms with E-state index in [-0.39, 0.29) is 13.5 Å². The van der Waals surface area contributed by atoms with Gasteiger partial charge in [0.05, 0.1) is 34.8 Å². The molecule has 6 nitrogen and oxygen atoms in total. The number of rotatable bonds is 9. The molecule has 212 valence electrons. The summed E-state index contributed by atoms with van der Waals surface area (Å²) in [5, 5.41) is 4.83. The van der Waals surface area contributed by atoms with Crippen molar-refractivity contribution in [2.45, 2.75) is 58.9 Å². The highest BCUT2D eigenvalue weighted by molar-refractivity contribution is 5.81. The van der Waals surface area contributed by atoms with Gasteiger partial charge in [-0.1, -0.05) is 68.1 Å². The number of hydrogen-bond donors (Lipinski definition) is 2. The Morgan fingerprint density at radius 1 is 0.762 bits per heavy atom. The molecule has 6 heteroatoms. The van der Waals surface area contributed by atoms with Crippen molar-refractivity contribution in [1.29, 1.82) is 0 Å². The lowest BCUT2D eigenvalue weighted by Crippen LogP contribution is -2.31. The summed E-state index contributed by atoms with van der Waals surface area (Å²) in [7, 11) is 0. The lowest BCUT2D eigenvalue weighted by Gasteiger charge is -2.34. The third kappa shape index (κ3) is 5.96. The summed E-state index contributed by atoms with van der Waals surface area (Å²) in [5.41, 5.74) is 9.59. The summed E-state index contributed by atoms with van der Waals surface area (Å²) in [5.74, 6) is 0.999. The number of para-hydroxylation sites is 3. The van der Waals surface area contributed by atoms with Crippen molar-refractivity contribution in [2.75, 3.05) is 0 Å². The average molecular weight is 555 g/mol. The molecule has 0 saturated heterocycles. The van der Waals surface area contributed by atoms with Crippen LogP contribution in [0.2, 0.25) is 0 Å². The standard InChI is InChI=1S/C35H34N6.CH4/c1-2-10-30-29(9-1)28(18-20-37-30)22-36-21-25-14-16-26(17-15-25)23-41(24-34-39-31-11-3-4-12-32(31)40-34)33-13-5-7-27-8-6-19-38-35(27)33;/h1-4,6,8-12,14-20,33,36H,5,7,13,21-24H2,(H,39,40);1H4. The largest absolute Gasteiger partial charge is 0.341 e.